The summed E-state index contributed by atoms with van der Waals surface area (Å²) in [7, 11) is 0. The zero-order valence-corrected chi connectivity index (χ0v) is 8.90. The van der Waals surface area contributed by atoms with Gasteiger partial charge in [0.2, 0.25) is 5.91 Å². The molecule has 82 valence electrons. The molecule has 0 saturated heterocycles. The molecule has 1 aliphatic rings. The monoisotopic (exact) mass is 237 g/mol. The first-order chi connectivity index (χ1) is 7.70. The van der Waals surface area contributed by atoms with Gasteiger partial charge in [0.25, 0.3) is 0 Å². The molecule has 5 heteroatoms. The van der Waals surface area contributed by atoms with Gasteiger partial charge >= 0.3 is 5.95 Å². The Morgan fingerprint density at radius 1 is 1.44 bits per heavy atom. The first-order valence-electron chi connectivity index (χ1n) is 4.46. The number of rotatable bonds is 1. The van der Waals surface area contributed by atoms with E-state index in [0.717, 1.165) is 0 Å². The van der Waals surface area contributed by atoms with Gasteiger partial charge in [0.1, 0.15) is 5.75 Å². The average molecular weight is 238 g/mol. The van der Waals surface area contributed by atoms with E-state index in [1.54, 1.807) is 24.3 Å². The zero-order valence-electron chi connectivity index (χ0n) is 8.14. The van der Waals surface area contributed by atoms with Crippen LogP contribution in [0.2, 0.25) is 0 Å². The van der Waals surface area contributed by atoms with Gasteiger partial charge < -0.3 is 15.2 Å². The molecular formula is C11H8ClNO3. The topological polar surface area (TPSA) is 61.6 Å². The van der Waals surface area contributed by atoms with Crippen LogP contribution >= 0.6 is 11.6 Å². The van der Waals surface area contributed by atoms with Crippen LogP contribution in [0.1, 0.15) is 15.9 Å². The second kappa shape index (κ2) is 4.28. The molecule has 0 bridgehead atoms. The summed E-state index contributed by atoms with van der Waals surface area (Å²) in [5, 5.41) is 0. The van der Waals surface area contributed by atoms with Gasteiger partial charge in [0.05, 0.1) is 11.8 Å². The van der Waals surface area contributed by atoms with Gasteiger partial charge in [0.15, 0.2) is 0 Å². The Morgan fingerprint density at radius 3 is 2.94 bits per heavy atom. The normalized spacial score (nSPS) is 15.9. The summed E-state index contributed by atoms with van der Waals surface area (Å²) in [6, 6.07) is 4.83. The molecule has 0 saturated carbocycles. The largest absolute Gasteiger partial charge is 0.433 e. The number of carbonyl (C=O) groups excluding carboxylic acids is 1. The summed E-state index contributed by atoms with van der Waals surface area (Å²) in [6.07, 6.45) is 3.08. The van der Waals surface area contributed by atoms with Crippen molar-refractivity contribution in [3.63, 3.8) is 0 Å². The van der Waals surface area contributed by atoms with Crippen molar-refractivity contribution in [3.8, 4) is 5.75 Å². The average Bonchev–Trinajstić information content (AvgIpc) is 2.49. The predicted molar refractivity (Wildman–Crippen MR) is 59.6 cm³/mol. The Kier molecular flexibility index (Phi) is 2.83. The lowest BCUT2D eigenvalue weighted by Crippen LogP contribution is -2.11. The molecule has 16 heavy (non-hydrogen) atoms. The number of hydrogen-bond acceptors (Lipinski definition) is 3. The standard InChI is InChI=1S/C11H8ClNO3/c12-6-10-15-4-3-7-5-8(11(13)14)1-2-9(7)16-10/h1-6H,(H2,13,14). The summed E-state index contributed by atoms with van der Waals surface area (Å²) < 4.78 is 10.4. The fourth-order valence-corrected chi connectivity index (χ4v) is 1.38. The second-order valence-corrected chi connectivity index (χ2v) is 3.29. The van der Waals surface area contributed by atoms with Gasteiger partial charge in [-0.3, -0.25) is 4.79 Å². The van der Waals surface area contributed by atoms with Crippen LogP contribution in [-0.2, 0) is 4.74 Å². The summed E-state index contributed by atoms with van der Waals surface area (Å²) in [6.45, 7) is 0. The van der Waals surface area contributed by atoms with E-state index in [0.29, 0.717) is 16.9 Å². The van der Waals surface area contributed by atoms with Gasteiger partial charge in [-0.2, -0.15) is 0 Å². The maximum atomic E-state index is 11.0. The van der Waals surface area contributed by atoms with Gasteiger partial charge in [-0.15, -0.1) is 0 Å². The highest BCUT2D eigenvalue weighted by molar-refractivity contribution is 6.25. The highest BCUT2D eigenvalue weighted by Gasteiger charge is 2.11. The van der Waals surface area contributed by atoms with E-state index in [1.807, 2.05) is 0 Å². The van der Waals surface area contributed by atoms with Crippen LogP contribution in [0, 0.1) is 0 Å². The van der Waals surface area contributed by atoms with Crippen molar-refractivity contribution in [3.05, 3.63) is 47.1 Å². The maximum absolute atomic E-state index is 11.0. The summed E-state index contributed by atoms with van der Waals surface area (Å²) in [4.78, 5) is 11.0. The van der Waals surface area contributed by atoms with Crippen LogP contribution in [0.3, 0.4) is 0 Å². The lowest BCUT2D eigenvalue weighted by molar-refractivity contribution is 0.100. The number of carbonyl (C=O) groups is 1. The van der Waals surface area contributed by atoms with Crippen LogP contribution in [0.25, 0.3) is 6.08 Å². The number of primary amides is 1. The van der Waals surface area contributed by atoms with Crippen molar-refractivity contribution in [2.45, 2.75) is 0 Å². The van der Waals surface area contributed by atoms with Crippen LogP contribution in [0.15, 0.2) is 35.9 Å². The molecule has 0 spiro atoms. The SMILES string of the molecule is NC(=O)c1ccc2c(c1)C=COC(=CCl)O2. The Balaban J connectivity index is 2.45. The van der Waals surface area contributed by atoms with Crippen molar-refractivity contribution in [1.82, 2.24) is 0 Å². The van der Waals surface area contributed by atoms with Gasteiger partial charge in [-0.1, -0.05) is 11.6 Å². The third kappa shape index (κ3) is 2.01. The third-order valence-electron chi connectivity index (χ3n) is 2.03. The molecule has 0 fully saturated rings. The van der Waals surface area contributed by atoms with E-state index < -0.39 is 5.91 Å². The number of ether oxygens (including phenoxy) is 2. The fourth-order valence-electron chi connectivity index (χ4n) is 1.28. The van der Waals surface area contributed by atoms with Crippen molar-refractivity contribution in [1.29, 1.82) is 0 Å². The molecule has 1 aliphatic heterocycles. The molecule has 0 atom stereocenters. The second-order valence-electron chi connectivity index (χ2n) is 3.07. The molecule has 0 aromatic heterocycles. The number of hydrogen-bond donors (Lipinski definition) is 1. The van der Waals surface area contributed by atoms with Crippen LogP contribution in [-0.4, -0.2) is 5.91 Å². The molecule has 0 unspecified atom stereocenters. The minimum Gasteiger partial charge on any atom is -0.433 e. The minimum atomic E-state index is -0.491. The van der Waals surface area contributed by atoms with E-state index in [1.165, 1.54) is 11.8 Å². The lowest BCUT2D eigenvalue weighted by atomic mass is 10.1. The zero-order chi connectivity index (χ0) is 11.5. The van der Waals surface area contributed by atoms with Crippen LogP contribution in [0.4, 0.5) is 0 Å². The van der Waals surface area contributed by atoms with Crippen molar-refractivity contribution in [2.75, 3.05) is 0 Å². The quantitative estimate of drug-likeness (QED) is 0.815. The van der Waals surface area contributed by atoms with E-state index in [2.05, 4.69) is 0 Å². The number of amides is 1. The summed E-state index contributed by atoms with van der Waals surface area (Å²) >= 11 is 5.48. The third-order valence-corrected chi connectivity index (χ3v) is 2.20. The summed E-state index contributed by atoms with van der Waals surface area (Å²) in [5.74, 6) is 0.226. The fraction of sp³-hybridized carbons (Fsp3) is 0. The van der Waals surface area contributed by atoms with Crippen LogP contribution in [0.5, 0.6) is 5.75 Å². The molecule has 2 rings (SSSR count). The number of fused-ring (bicyclic) bond motifs is 1. The molecule has 1 aromatic carbocycles. The van der Waals surface area contributed by atoms with Gasteiger partial charge in [-0.25, -0.2) is 0 Å². The van der Waals surface area contributed by atoms with Crippen molar-refractivity contribution < 1.29 is 14.3 Å². The Bertz CT molecular complexity index is 494. The molecule has 0 radical (unpaired) electrons. The van der Waals surface area contributed by atoms with Crippen LogP contribution < -0.4 is 10.5 Å². The number of nitrogens with two attached hydrogens (primary N) is 1. The number of halogens is 1. The Hall–Kier alpha value is -1.94. The lowest BCUT2D eigenvalue weighted by Gasteiger charge is -2.07. The van der Waals surface area contributed by atoms with Gasteiger partial charge in [0, 0.05) is 11.1 Å². The van der Waals surface area contributed by atoms with Crippen molar-refractivity contribution >= 4 is 23.6 Å². The minimum absolute atomic E-state index is 0.170. The molecule has 1 heterocycles. The van der Waals surface area contributed by atoms with Gasteiger partial charge in [-0.05, 0) is 24.3 Å². The van der Waals surface area contributed by atoms with E-state index in [4.69, 9.17) is 26.8 Å². The molecule has 2 N–H and O–H groups in total. The van der Waals surface area contributed by atoms with E-state index >= 15 is 0 Å². The highest BCUT2D eigenvalue weighted by atomic mass is 35.5. The first-order valence-corrected chi connectivity index (χ1v) is 4.89. The first kappa shape index (κ1) is 10.6. The highest BCUT2D eigenvalue weighted by Crippen LogP contribution is 2.26. The molecule has 4 nitrogen and oxygen atoms in total. The van der Waals surface area contributed by atoms with E-state index in [9.17, 15) is 4.79 Å². The summed E-state index contributed by atoms with van der Waals surface area (Å²) in [5.41, 5.74) is 7.46. The molecule has 0 aliphatic carbocycles. The molecular weight excluding hydrogens is 230 g/mol. The molecule has 1 amide bonds. The Labute approximate surface area is 96.9 Å². The molecule has 1 aromatic rings. The predicted octanol–water partition coefficient (Wildman–Crippen LogP) is 2.20. The maximum Gasteiger partial charge on any atom is 0.301 e. The number of benzene rings is 1. The smallest absolute Gasteiger partial charge is 0.301 e. The Morgan fingerprint density at radius 2 is 2.25 bits per heavy atom. The van der Waals surface area contributed by atoms with Crippen molar-refractivity contribution in [2.24, 2.45) is 5.73 Å². The van der Waals surface area contributed by atoms with E-state index in [-0.39, 0.29) is 5.95 Å².